The van der Waals surface area contributed by atoms with E-state index in [1.54, 1.807) is 5.48 Å². The number of thioether (sulfide) groups is 1. The number of hydroxylamine groups is 1. The van der Waals surface area contributed by atoms with E-state index in [-0.39, 0.29) is 12.0 Å². The van der Waals surface area contributed by atoms with E-state index in [0.29, 0.717) is 24.4 Å². The molecule has 0 saturated heterocycles. The van der Waals surface area contributed by atoms with Gasteiger partial charge < -0.3 is 14.8 Å². The fourth-order valence-corrected chi connectivity index (χ4v) is 4.10. The van der Waals surface area contributed by atoms with Crippen LogP contribution in [0.25, 0.3) is 0 Å². The van der Waals surface area contributed by atoms with Crippen molar-refractivity contribution >= 4 is 17.7 Å². The zero-order valence-corrected chi connectivity index (χ0v) is 15.3. The van der Waals surface area contributed by atoms with E-state index in [1.165, 1.54) is 11.8 Å². The Morgan fingerprint density at radius 3 is 3.00 bits per heavy atom. The van der Waals surface area contributed by atoms with Crippen LogP contribution in [0.2, 0.25) is 0 Å². The number of benzene rings is 1. The molecule has 0 radical (unpaired) electrons. The molecule has 3 N–H and O–H groups in total. The smallest absolute Gasteiger partial charge is 0.280 e. The first-order chi connectivity index (χ1) is 13.2. The summed E-state index contributed by atoms with van der Waals surface area (Å²) >= 11 is 1.42. The molecule has 2 aliphatic rings. The van der Waals surface area contributed by atoms with Crippen LogP contribution >= 0.6 is 11.8 Å². The summed E-state index contributed by atoms with van der Waals surface area (Å²) in [6.07, 6.45) is 2.54. The van der Waals surface area contributed by atoms with Crippen LogP contribution in [0, 0.1) is 0 Å². The fraction of sp³-hybridized carbons (Fsp3) is 0.263. The Morgan fingerprint density at radius 2 is 2.11 bits per heavy atom. The molecule has 8 heteroatoms. The number of nitrogens with zero attached hydrogens (tertiary/aromatic N) is 1. The minimum atomic E-state index is -0.468. The zero-order chi connectivity index (χ0) is 18.6. The number of nitrogens with one attached hydrogen (secondary N) is 2. The van der Waals surface area contributed by atoms with Crippen molar-refractivity contribution in [3.05, 3.63) is 64.3 Å². The van der Waals surface area contributed by atoms with E-state index in [9.17, 15) is 4.79 Å². The second kappa shape index (κ2) is 7.99. The zero-order valence-electron chi connectivity index (χ0n) is 14.5. The van der Waals surface area contributed by atoms with E-state index in [1.807, 2.05) is 42.5 Å². The average Bonchev–Trinajstić information content (AvgIpc) is 3.37. The number of carbonyl (C=O) groups is 1. The lowest BCUT2D eigenvalue weighted by Gasteiger charge is -2.11. The number of rotatable bonds is 6. The Morgan fingerprint density at radius 1 is 1.22 bits per heavy atom. The van der Waals surface area contributed by atoms with Crippen LogP contribution in [0.3, 0.4) is 0 Å². The molecule has 140 valence electrons. The minimum absolute atomic E-state index is 0.0890. The normalized spacial score (nSPS) is 17.7. The first-order valence-electron chi connectivity index (χ1n) is 8.59. The van der Waals surface area contributed by atoms with Gasteiger partial charge in [0.05, 0.1) is 21.5 Å². The fourth-order valence-electron chi connectivity index (χ4n) is 3.01. The van der Waals surface area contributed by atoms with Crippen molar-refractivity contribution in [1.29, 1.82) is 0 Å². The van der Waals surface area contributed by atoms with Gasteiger partial charge in [-0.3, -0.25) is 15.0 Å². The van der Waals surface area contributed by atoms with Gasteiger partial charge in [-0.25, -0.2) is 5.48 Å². The third kappa shape index (κ3) is 4.08. The summed E-state index contributed by atoms with van der Waals surface area (Å²) in [5, 5.41) is 12.2. The Bertz CT molecular complexity index is 887. The second-order valence-corrected chi connectivity index (χ2v) is 7.44. The molecule has 1 atom stereocenters. The molecule has 1 amide bonds. The molecule has 1 unspecified atom stereocenters. The summed E-state index contributed by atoms with van der Waals surface area (Å²) in [6, 6.07) is 11.8. The van der Waals surface area contributed by atoms with Crippen LogP contribution in [-0.2, 0) is 17.9 Å². The predicted octanol–water partition coefficient (Wildman–Crippen LogP) is 2.67. The maximum atomic E-state index is 11.5. The lowest BCUT2D eigenvalue weighted by atomic mass is 10.2. The summed E-state index contributed by atoms with van der Waals surface area (Å²) in [7, 11) is 0. The van der Waals surface area contributed by atoms with Crippen LogP contribution in [0.1, 0.15) is 28.6 Å². The van der Waals surface area contributed by atoms with Crippen LogP contribution in [0.4, 0.5) is 0 Å². The molecule has 2 aromatic rings. The van der Waals surface area contributed by atoms with E-state index in [2.05, 4.69) is 5.32 Å². The van der Waals surface area contributed by atoms with Crippen LogP contribution < -0.4 is 20.3 Å². The molecule has 3 heterocycles. The summed E-state index contributed by atoms with van der Waals surface area (Å²) in [6.45, 7) is 1.61. The molecule has 2 aliphatic heterocycles. The van der Waals surface area contributed by atoms with E-state index in [4.69, 9.17) is 19.7 Å². The highest BCUT2D eigenvalue weighted by molar-refractivity contribution is 8.04. The van der Waals surface area contributed by atoms with E-state index in [0.717, 1.165) is 28.5 Å². The third-order valence-corrected chi connectivity index (χ3v) is 5.67. The first kappa shape index (κ1) is 17.8. The van der Waals surface area contributed by atoms with Crippen molar-refractivity contribution in [2.75, 3.05) is 6.79 Å². The number of carbonyl (C=O) groups excluding carboxylic acids is 1. The standard InChI is InChI=1S/C19H19N3O4S/c23-19(22-24)18-7-6-17(27-18)14-3-1-2-13(21-14)10-20-9-12-4-5-15-16(8-12)26-11-25-15/h1-5,7-8,17,20,24H,6,9-11H2,(H,22,23). The van der Waals surface area contributed by atoms with Gasteiger partial charge >= 0.3 is 0 Å². The predicted molar refractivity (Wildman–Crippen MR) is 100 cm³/mol. The quantitative estimate of drug-likeness (QED) is 0.520. The third-order valence-electron chi connectivity index (χ3n) is 4.34. The first-order valence-corrected chi connectivity index (χ1v) is 9.47. The van der Waals surface area contributed by atoms with Crippen LogP contribution in [0.15, 0.2) is 47.4 Å². The lowest BCUT2D eigenvalue weighted by molar-refractivity contribution is -0.124. The van der Waals surface area contributed by atoms with Gasteiger partial charge in [-0.05, 0) is 36.2 Å². The Balaban J connectivity index is 1.33. The molecular weight excluding hydrogens is 366 g/mol. The van der Waals surface area contributed by atoms with E-state index < -0.39 is 5.91 Å². The molecule has 1 aromatic carbocycles. The molecule has 27 heavy (non-hydrogen) atoms. The number of ether oxygens (including phenoxy) is 2. The maximum Gasteiger partial charge on any atom is 0.280 e. The van der Waals surface area contributed by atoms with Gasteiger partial charge in [-0.2, -0.15) is 0 Å². The van der Waals surface area contributed by atoms with Gasteiger partial charge in [0, 0.05) is 13.1 Å². The highest BCUT2D eigenvalue weighted by Gasteiger charge is 2.25. The Labute approximate surface area is 160 Å². The highest BCUT2D eigenvalue weighted by atomic mass is 32.2. The molecule has 4 rings (SSSR count). The summed E-state index contributed by atoms with van der Waals surface area (Å²) in [5.74, 6) is 1.09. The number of fused-ring (bicyclic) bond motifs is 1. The monoisotopic (exact) mass is 385 g/mol. The maximum absolute atomic E-state index is 11.5. The van der Waals surface area contributed by atoms with Crippen molar-refractivity contribution < 1.29 is 19.5 Å². The molecule has 0 aliphatic carbocycles. The van der Waals surface area contributed by atoms with E-state index >= 15 is 0 Å². The summed E-state index contributed by atoms with van der Waals surface area (Å²) in [4.78, 5) is 16.7. The number of aromatic nitrogens is 1. The molecule has 7 nitrogen and oxygen atoms in total. The molecule has 0 fully saturated rings. The largest absolute Gasteiger partial charge is 0.454 e. The number of amides is 1. The average molecular weight is 385 g/mol. The summed E-state index contributed by atoms with van der Waals surface area (Å²) in [5.41, 5.74) is 4.66. The Kier molecular flexibility index (Phi) is 5.28. The van der Waals surface area contributed by atoms with Gasteiger partial charge in [0.25, 0.3) is 5.91 Å². The van der Waals surface area contributed by atoms with Gasteiger partial charge in [0.2, 0.25) is 6.79 Å². The number of pyridine rings is 1. The van der Waals surface area contributed by atoms with Crippen LogP contribution in [0.5, 0.6) is 11.5 Å². The number of allylic oxidation sites excluding steroid dienone is 1. The van der Waals surface area contributed by atoms with Gasteiger partial charge in [0.1, 0.15) is 0 Å². The van der Waals surface area contributed by atoms with Crippen LogP contribution in [-0.4, -0.2) is 22.9 Å². The minimum Gasteiger partial charge on any atom is -0.454 e. The molecule has 0 saturated carbocycles. The number of hydrogen-bond acceptors (Lipinski definition) is 7. The lowest BCUT2D eigenvalue weighted by Crippen LogP contribution is -2.18. The van der Waals surface area contributed by atoms with Crippen molar-refractivity contribution in [2.24, 2.45) is 0 Å². The molecular formula is C19H19N3O4S. The molecule has 0 spiro atoms. The summed E-state index contributed by atoms with van der Waals surface area (Å²) < 4.78 is 10.7. The van der Waals surface area contributed by atoms with Gasteiger partial charge in [-0.15, -0.1) is 11.8 Å². The Hall–Kier alpha value is -2.55. The molecule has 1 aromatic heterocycles. The van der Waals surface area contributed by atoms with Gasteiger partial charge in [0.15, 0.2) is 11.5 Å². The van der Waals surface area contributed by atoms with Crippen molar-refractivity contribution in [3.63, 3.8) is 0 Å². The molecule has 0 bridgehead atoms. The van der Waals surface area contributed by atoms with Crippen molar-refractivity contribution in [1.82, 2.24) is 15.8 Å². The SMILES string of the molecule is O=C(NO)C1=CCC(c2cccc(CNCc3ccc4c(c3)OCO4)n2)S1. The topological polar surface area (TPSA) is 92.7 Å². The highest BCUT2D eigenvalue weighted by Crippen LogP contribution is 2.42. The van der Waals surface area contributed by atoms with Crippen molar-refractivity contribution in [2.45, 2.75) is 24.8 Å². The van der Waals surface area contributed by atoms with Crippen molar-refractivity contribution in [3.8, 4) is 11.5 Å². The van der Waals surface area contributed by atoms with Gasteiger partial charge in [-0.1, -0.05) is 18.2 Å². The number of hydrogen-bond donors (Lipinski definition) is 3. The second-order valence-electron chi connectivity index (χ2n) is 6.20.